The van der Waals surface area contributed by atoms with E-state index < -0.39 is 6.04 Å². The van der Waals surface area contributed by atoms with Gasteiger partial charge in [-0.2, -0.15) is 0 Å². The molecule has 0 aromatic rings. The van der Waals surface area contributed by atoms with Crippen LogP contribution in [0.15, 0.2) is 0 Å². The fraction of sp³-hybridized carbons (Fsp3) is 0.833. The van der Waals surface area contributed by atoms with Gasteiger partial charge in [0.1, 0.15) is 6.04 Å². The second-order valence-corrected chi connectivity index (χ2v) is 5.33. The van der Waals surface area contributed by atoms with Gasteiger partial charge in [0.25, 0.3) is 0 Å². The largest absolute Gasteiger partial charge is 0.374 e. The Morgan fingerprint density at radius 2 is 2.06 bits per heavy atom. The lowest BCUT2D eigenvalue weighted by molar-refractivity contribution is -0.134. The second kappa shape index (κ2) is 5.49. The predicted octanol–water partition coefficient (Wildman–Crippen LogP) is 0.539. The highest BCUT2D eigenvalue weighted by atomic mass is 16.5. The molecular formula is C12H22N2O3. The molecule has 1 N–H and O–H groups in total. The minimum Gasteiger partial charge on any atom is -0.374 e. The van der Waals surface area contributed by atoms with Crippen LogP contribution in [0.3, 0.4) is 0 Å². The number of carbonyl (C=O) groups is 2. The van der Waals surface area contributed by atoms with Crippen LogP contribution in [0.1, 0.15) is 34.1 Å². The van der Waals surface area contributed by atoms with Gasteiger partial charge in [-0.3, -0.25) is 9.59 Å². The lowest BCUT2D eigenvalue weighted by atomic mass is 10.2. The second-order valence-electron chi connectivity index (χ2n) is 5.33. The van der Waals surface area contributed by atoms with Crippen molar-refractivity contribution < 1.29 is 14.3 Å². The molecule has 0 aromatic heterocycles. The highest BCUT2D eigenvalue weighted by Crippen LogP contribution is 2.08. The van der Waals surface area contributed by atoms with Crippen LogP contribution in [-0.2, 0) is 14.3 Å². The Kier molecular flexibility index (Phi) is 4.51. The summed E-state index contributed by atoms with van der Waals surface area (Å²) in [6.45, 7) is 9.15. The van der Waals surface area contributed by atoms with Gasteiger partial charge in [0.2, 0.25) is 11.8 Å². The summed E-state index contributed by atoms with van der Waals surface area (Å²) in [6, 6.07) is -0.431. The molecule has 0 saturated carbocycles. The SMILES string of the molecule is CC1NC(=O)CCN(CCOC(C)(C)C)C1=O. The van der Waals surface area contributed by atoms with Crippen LogP contribution < -0.4 is 5.32 Å². The van der Waals surface area contributed by atoms with E-state index in [0.29, 0.717) is 26.1 Å². The smallest absolute Gasteiger partial charge is 0.244 e. The van der Waals surface area contributed by atoms with Gasteiger partial charge in [0.15, 0.2) is 0 Å². The molecule has 5 heteroatoms. The Balaban J connectivity index is 2.46. The third kappa shape index (κ3) is 4.73. The van der Waals surface area contributed by atoms with Crippen LogP contribution in [0.5, 0.6) is 0 Å². The molecule has 0 bridgehead atoms. The third-order valence-corrected chi connectivity index (χ3v) is 2.56. The first-order valence-electron chi connectivity index (χ1n) is 6.02. The molecule has 1 fully saturated rings. The van der Waals surface area contributed by atoms with Gasteiger partial charge in [-0.15, -0.1) is 0 Å². The van der Waals surface area contributed by atoms with Gasteiger partial charge in [0.05, 0.1) is 12.2 Å². The molecule has 0 spiro atoms. The third-order valence-electron chi connectivity index (χ3n) is 2.56. The van der Waals surface area contributed by atoms with E-state index in [-0.39, 0.29) is 17.4 Å². The van der Waals surface area contributed by atoms with Crippen molar-refractivity contribution in [2.45, 2.75) is 45.8 Å². The number of hydrogen-bond acceptors (Lipinski definition) is 3. The molecule has 17 heavy (non-hydrogen) atoms. The number of carbonyl (C=O) groups excluding carboxylic acids is 2. The molecular weight excluding hydrogens is 220 g/mol. The van der Waals surface area contributed by atoms with Crippen LogP contribution in [0, 0.1) is 0 Å². The maximum absolute atomic E-state index is 11.9. The summed E-state index contributed by atoms with van der Waals surface area (Å²) in [5.74, 6) is -0.0987. The molecule has 5 nitrogen and oxygen atoms in total. The highest BCUT2D eigenvalue weighted by molar-refractivity contribution is 5.89. The minimum atomic E-state index is -0.431. The molecule has 0 aromatic carbocycles. The monoisotopic (exact) mass is 242 g/mol. The number of rotatable bonds is 3. The van der Waals surface area contributed by atoms with Crippen molar-refractivity contribution in [3.05, 3.63) is 0 Å². The summed E-state index contributed by atoms with van der Waals surface area (Å²) in [7, 11) is 0. The van der Waals surface area contributed by atoms with Gasteiger partial charge in [-0.1, -0.05) is 0 Å². The van der Waals surface area contributed by atoms with E-state index in [4.69, 9.17) is 4.74 Å². The van der Waals surface area contributed by atoms with Crippen molar-refractivity contribution in [3.8, 4) is 0 Å². The maximum atomic E-state index is 11.9. The van der Waals surface area contributed by atoms with Crippen LogP contribution in [0.2, 0.25) is 0 Å². The van der Waals surface area contributed by atoms with Crippen molar-refractivity contribution in [2.75, 3.05) is 19.7 Å². The molecule has 1 rings (SSSR count). The molecule has 1 heterocycles. The van der Waals surface area contributed by atoms with Gasteiger partial charge >= 0.3 is 0 Å². The number of amides is 2. The highest BCUT2D eigenvalue weighted by Gasteiger charge is 2.26. The maximum Gasteiger partial charge on any atom is 0.244 e. The van der Waals surface area contributed by atoms with E-state index in [0.717, 1.165) is 0 Å². The zero-order valence-corrected chi connectivity index (χ0v) is 11.1. The first-order chi connectivity index (χ1) is 7.79. The van der Waals surface area contributed by atoms with Crippen LogP contribution in [0.25, 0.3) is 0 Å². The summed E-state index contributed by atoms with van der Waals surface area (Å²) in [5.41, 5.74) is -0.200. The van der Waals surface area contributed by atoms with Crippen LogP contribution in [0.4, 0.5) is 0 Å². The molecule has 0 aliphatic carbocycles. The number of ether oxygens (including phenoxy) is 1. The number of nitrogens with zero attached hydrogens (tertiary/aromatic N) is 1. The van der Waals surface area contributed by atoms with Crippen molar-refractivity contribution in [2.24, 2.45) is 0 Å². The number of hydrogen-bond donors (Lipinski definition) is 1. The standard InChI is InChI=1S/C12H22N2O3/c1-9-11(16)14(6-5-10(15)13-9)7-8-17-12(2,3)4/h9H,5-8H2,1-4H3,(H,13,15). The summed E-state index contributed by atoms with van der Waals surface area (Å²) >= 11 is 0. The Labute approximate surface area is 102 Å². The van der Waals surface area contributed by atoms with Crippen molar-refractivity contribution >= 4 is 11.8 Å². The molecule has 1 unspecified atom stereocenters. The normalized spacial score (nSPS) is 22.4. The fourth-order valence-corrected chi connectivity index (χ4v) is 1.68. The van der Waals surface area contributed by atoms with E-state index in [1.165, 1.54) is 0 Å². The van der Waals surface area contributed by atoms with Gasteiger partial charge < -0.3 is 15.0 Å². The van der Waals surface area contributed by atoms with E-state index in [2.05, 4.69) is 5.32 Å². The molecule has 1 aliphatic rings. The van der Waals surface area contributed by atoms with E-state index in [9.17, 15) is 9.59 Å². The average molecular weight is 242 g/mol. The summed E-state index contributed by atoms with van der Waals surface area (Å²) < 4.78 is 5.58. The molecule has 1 aliphatic heterocycles. The van der Waals surface area contributed by atoms with E-state index in [1.54, 1.807) is 11.8 Å². The minimum absolute atomic E-state index is 0.0339. The van der Waals surface area contributed by atoms with E-state index in [1.807, 2.05) is 20.8 Å². The zero-order valence-electron chi connectivity index (χ0n) is 11.1. The van der Waals surface area contributed by atoms with Crippen LogP contribution in [-0.4, -0.2) is 48.1 Å². The Morgan fingerprint density at radius 1 is 1.41 bits per heavy atom. The van der Waals surface area contributed by atoms with Crippen molar-refractivity contribution in [1.29, 1.82) is 0 Å². The zero-order chi connectivity index (χ0) is 13.1. The molecule has 2 amide bonds. The lowest BCUT2D eigenvalue weighted by Gasteiger charge is -2.25. The summed E-state index contributed by atoms with van der Waals surface area (Å²) in [4.78, 5) is 24.9. The van der Waals surface area contributed by atoms with Gasteiger partial charge in [0, 0.05) is 19.5 Å². The topological polar surface area (TPSA) is 58.6 Å². The van der Waals surface area contributed by atoms with E-state index >= 15 is 0 Å². The summed E-state index contributed by atoms with van der Waals surface area (Å²) in [6.07, 6.45) is 0.367. The van der Waals surface area contributed by atoms with Gasteiger partial charge in [-0.25, -0.2) is 0 Å². The molecule has 0 radical (unpaired) electrons. The predicted molar refractivity (Wildman–Crippen MR) is 64.5 cm³/mol. The Morgan fingerprint density at radius 3 is 2.65 bits per heavy atom. The quantitative estimate of drug-likeness (QED) is 0.785. The van der Waals surface area contributed by atoms with Crippen LogP contribution >= 0.6 is 0 Å². The Hall–Kier alpha value is -1.10. The average Bonchev–Trinajstić information content (AvgIpc) is 2.29. The number of nitrogens with one attached hydrogen (secondary N) is 1. The van der Waals surface area contributed by atoms with Crippen molar-refractivity contribution in [3.63, 3.8) is 0 Å². The summed E-state index contributed by atoms with van der Waals surface area (Å²) in [5, 5.41) is 2.66. The lowest BCUT2D eigenvalue weighted by Crippen LogP contribution is -2.44. The Bertz CT molecular complexity index is 297. The molecule has 98 valence electrons. The van der Waals surface area contributed by atoms with Gasteiger partial charge in [-0.05, 0) is 27.7 Å². The first kappa shape index (κ1) is 14.0. The molecule has 1 saturated heterocycles. The van der Waals surface area contributed by atoms with Crippen molar-refractivity contribution in [1.82, 2.24) is 10.2 Å². The fourth-order valence-electron chi connectivity index (χ4n) is 1.68. The molecule has 1 atom stereocenters. The first-order valence-corrected chi connectivity index (χ1v) is 6.02.